The van der Waals surface area contributed by atoms with Crippen molar-refractivity contribution in [3.05, 3.63) is 83.3 Å². The van der Waals surface area contributed by atoms with Crippen molar-refractivity contribution in [2.45, 2.75) is 44.8 Å². The highest BCUT2D eigenvalue weighted by molar-refractivity contribution is 6.14. The molecule has 0 radical (unpaired) electrons. The van der Waals surface area contributed by atoms with E-state index in [-0.39, 0.29) is 19.0 Å². The van der Waals surface area contributed by atoms with Gasteiger partial charge in [-0.25, -0.2) is 9.69 Å². The maximum absolute atomic E-state index is 13.5. The van der Waals surface area contributed by atoms with Crippen LogP contribution in [0.5, 0.6) is 0 Å². The molecule has 0 bridgehead atoms. The van der Waals surface area contributed by atoms with Crippen molar-refractivity contribution in [3.8, 4) is 11.1 Å². The van der Waals surface area contributed by atoms with Gasteiger partial charge in [-0.1, -0.05) is 60.2 Å². The summed E-state index contributed by atoms with van der Waals surface area (Å²) >= 11 is 0. The number of carbonyl (C=O) groups excluding carboxylic acids is 3. The minimum absolute atomic E-state index is 0.0251. The van der Waals surface area contributed by atoms with E-state index in [1.165, 1.54) is 7.11 Å². The fraction of sp³-hybridized carbons (Fsp3) is 0.345. The number of aliphatic hydroxyl groups is 1. The number of Topliss-reactive ketones (excluding diaryl/α,β-unsaturated/α-hetero) is 1. The van der Waals surface area contributed by atoms with Gasteiger partial charge in [0.25, 0.3) is 5.91 Å². The van der Waals surface area contributed by atoms with Crippen LogP contribution in [0.25, 0.3) is 11.1 Å². The Hall–Kier alpha value is -3.75. The van der Waals surface area contributed by atoms with E-state index in [0.717, 1.165) is 27.2 Å². The van der Waals surface area contributed by atoms with Crippen molar-refractivity contribution in [1.29, 1.82) is 0 Å². The first kappa shape index (κ1) is 26.3. The van der Waals surface area contributed by atoms with Gasteiger partial charge in [0.2, 0.25) is 11.9 Å². The number of ketones is 1. The summed E-state index contributed by atoms with van der Waals surface area (Å²) in [5.41, 5.74) is 3.61. The van der Waals surface area contributed by atoms with Gasteiger partial charge < -0.3 is 19.0 Å². The topological polar surface area (TPSA) is 106 Å². The molecule has 4 rings (SSSR count). The summed E-state index contributed by atoms with van der Waals surface area (Å²) in [5.74, 6) is -0.894. The zero-order chi connectivity index (χ0) is 26.4. The number of benzene rings is 2. The molecule has 2 heterocycles. The number of aryl methyl sites for hydroxylation is 2. The molecule has 1 aliphatic heterocycles. The van der Waals surface area contributed by atoms with Crippen LogP contribution in [0.15, 0.2) is 65.1 Å². The summed E-state index contributed by atoms with van der Waals surface area (Å²) in [6, 6.07) is 18.3. The second-order valence-corrected chi connectivity index (χ2v) is 9.11. The Balaban J connectivity index is 1.60. The van der Waals surface area contributed by atoms with Gasteiger partial charge >= 0.3 is 6.09 Å². The molecule has 2 unspecified atom stereocenters. The van der Waals surface area contributed by atoms with E-state index in [1.807, 2.05) is 61.5 Å². The lowest BCUT2D eigenvalue weighted by molar-refractivity contribution is -0.137. The molecule has 0 spiro atoms. The average Bonchev–Trinajstić information content (AvgIpc) is 3.48. The molecule has 2 aromatic carbocycles. The van der Waals surface area contributed by atoms with Crippen LogP contribution in [-0.2, 0) is 27.1 Å². The largest absolute Gasteiger partial charge is 0.457 e. The zero-order valence-corrected chi connectivity index (χ0v) is 21.0. The molecule has 8 heteroatoms. The minimum Gasteiger partial charge on any atom is -0.457 e. The van der Waals surface area contributed by atoms with Gasteiger partial charge in [0.15, 0.2) is 5.76 Å². The van der Waals surface area contributed by atoms with E-state index in [9.17, 15) is 19.5 Å². The molecule has 37 heavy (non-hydrogen) atoms. The standard InChI is InChI=1S/C29H31NO7/c1-19-9-8-12-21(15-19)23-17-25(37-24(23)13-6-7-14-31)26(32)27(35-2)28(33)30-22(18-36-29(30)34)16-20-10-4-3-5-11-20/h3-5,8-12,15,17,22,27,31H,6-7,13-14,16,18H2,1-2H3. The van der Waals surface area contributed by atoms with Crippen LogP contribution in [0.2, 0.25) is 0 Å². The summed E-state index contributed by atoms with van der Waals surface area (Å²) in [6.45, 7) is 2.07. The fourth-order valence-corrected chi connectivity index (χ4v) is 4.53. The third-order valence-corrected chi connectivity index (χ3v) is 6.40. The molecule has 1 saturated heterocycles. The number of nitrogens with zero attached hydrogens (tertiary/aromatic N) is 1. The number of carbonyl (C=O) groups is 3. The molecule has 1 aliphatic rings. The van der Waals surface area contributed by atoms with E-state index >= 15 is 0 Å². The van der Waals surface area contributed by atoms with Crippen molar-refractivity contribution >= 4 is 17.8 Å². The number of furan rings is 1. The molecule has 0 saturated carbocycles. The first-order valence-electron chi connectivity index (χ1n) is 12.3. The second kappa shape index (κ2) is 12.0. The summed E-state index contributed by atoms with van der Waals surface area (Å²) in [4.78, 5) is 40.4. The Kier molecular flexibility index (Phi) is 8.53. The molecule has 1 fully saturated rings. The summed E-state index contributed by atoms with van der Waals surface area (Å²) in [5, 5.41) is 9.18. The lowest BCUT2D eigenvalue weighted by Crippen LogP contribution is -2.48. The van der Waals surface area contributed by atoms with Crippen LogP contribution >= 0.6 is 0 Å². The zero-order valence-electron chi connectivity index (χ0n) is 21.0. The minimum atomic E-state index is -1.56. The predicted molar refractivity (Wildman–Crippen MR) is 136 cm³/mol. The number of ether oxygens (including phenoxy) is 2. The van der Waals surface area contributed by atoms with E-state index < -0.39 is 29.9 Å². The molecule has 3 aromatic rings. The van der Waals surface area contributed by atoms with Crippen molar-refractivity contribution in [2.24, 2.45) is 0 Å². The Bertz CT molecular complexity index is 1250. The van der Waals surface area contributed by atoms with Crippen LogP contribution in [0.3, 0.4) is 0 Å². The monoisotopic (exact) mass is 505 g/mol. The van der Waals surface area contributed by atoms with Gasteiger partial charge in [0.1, 0.15) is 12.4 Å². The van der Waals surface area contributed by atoms with Crippen LogP contribution in [0.4, 0.5) is 4.79 Å². The Labute approximate surface area is 215 Å². The predicted octanol–water partition coefficient (Wildman–Crippen LogP) is 4.36. The quantitative estimate of drug-likeness (QED) is 0.234. The Morgan fingerprint density at radius 3 is 2.59 bits per heavy atom. The van der Waals surface area contributed by atoms with Gasteiger partial charge in [0, 0.05) is 25.7 Å². The van der Waals surface area contributed by atoms with E-state index in [2.05, 4.69) is 0 Å². The molecular weight excluding hydrogens is 474 g/mol. The van der Waals surface area contributed by atoms with E-state index in [0.29, 0.717) is 31.4 Å². The molecule has 194 valence electrons. The number of hydrogen-bond acceptors (Lipinski definition) is 7. The third-order valence-electron chi connectivity index (χ3n) is 6.40. The smallest absolute Gasteiger partial charge is 0.417 e. The first-order chi connectivity index (χ1) is 17.9. The molecule has 8 nitrogen and oxygen atoms in total. The number of rotatable bonds is 11. The van der Waals surface area contributed by atoms with Gasteiger partial charge in [-0.15, -0.1) is 0 Å². The number of methoxy groups -OCH3 is 1. The van der Waals surface area contributed by atoms with Gasteiger partial charge in [-0.05, 0) is 43.4 Å². The molecule has 2 atom stereocenters. The Morgan fingerprint density at radius 1 is 1.11 bits per heavy atom. The number of amides is 2. The van der Waals surface area contributed by atoms with Crippen LogP contribution in [0, 0.1) is 6.92 Å². The normalized spacial score (nSPS) is 16.0. The van der Waals surface area contributed by atoms with Crippen molar-refractivity contribution in [2.75, 3.05) is 20.3 Å². The fourth-order valence-electron chi connectivity index (χ4n) is 4.53. The molecular formula is C29H31NO7. The van der Waals surface area contributed by atoms with Crippen LogP contribution in [0.1, 0.15) is 40.3 Å². The summed E-state index contributed by atoms with van der Waals surface area (Å²) in [6.07, 6.45) is -0.187. The SMILES string of the molecule is COC(C(=O)c1cc(-c2cccc(C)c2)c(CCCCO)o1)C(=O)N1C(=O)OCC1Cc1ccccc1. The number of imide groups is 1. The van der Waals surface area contributed by atoms with Gasteiger partial charge in [-0.2, -0.15) is 0 Å². The first-order valence-corrected chi connectivity index (χ1v) is 12.3. The van der Waals surface area contributed by atoms with Gasteiger partial charge in [0.05, 0.1) is 6.04 Å². The Morgan fingerprint density at radius 2 is 1.89 bits per heavy atom. The van der Waals surface area contributed by atoms with E-state index in [1.54, 1.807) is 6.07 Å². The van der Waals surface area contributed by atoms with Crippen molar-refractivity contribution in [1.82, 2.24) is 4.90 Å². The molecule has 1 N–H and O–H groups in total. The van der Waals surface area contributed by atoms with Gasteiger partial charge in [-0.3, -0.25) is 9.59 Å². The molecule has 1 aromatic heterocycles. The highest BCUT2D eigenvalue weighted by Gasteiger charge is 2.44. The highest BCUT2D eigenvalue weighted by atomic mass is 16.6. The average molecular weight is 506 g/mol. The van der Waals surface area contributed by atoms with Crippen molar-refractivity contribution in [3.63, 3.8) is 0 Å². The van der Waals surface area contributed by atoms with Crippen LogP contribution in [-0.4, -0.2) is 60.3 Å². The maximum atomic E-state index is 13.5. The third kappa shape index (κ3) is 5.98. The summed E-state index contributed by atoms with van der Waals surface area (Å²) < 4.78 is 16.4. The lowest BCUT2D eigenvalue weighted by Gasteiger charge is -2.23. The number of cyclic esters (lactones) is 1. The summed E-state index contributed by atoms with van der Waals surface area (Å²) in [7, 11) is 1.25. The second-order valence-electron chi connectivity index (χ2n) is 9.11. The molecule has 2 amide bonds. The van der Waals surface area contributed by atoms with Crippen molar-refractivity contribution < 1.29 is 33.4 Å². The number of hydrogen-bond donors (Lipinski definition) is 1. The number of aliphatic hydroxyl groups excluding tert-OH is 1. The van der Waals surface area contributed by atoms with Crippen LogP contribution < -0.4 is 0 Å². The number of unbranched alkanes of at least 4 members (excludes halogenated alkanes) is 1. The lowest BCUT2D eigenvalue weighted by atomic mass is 10.0. The highest BCUT2D eigenvalue weighted by Crippen LogP contribution is 2.31. The molecule has 0 aliphatic carbocycles. The van der Waals surface area contributed by atoms with E-state index in [4.69, 9.17) is 13.9 Å². The maximum Gasteiger partial charge on any atom is 0.417 e.